The number of nitrogens with one attached hydrogen (secondary N) is 1. The van der Waals surface area contributed by atoms with Gasteiger partial charge < -0.3 is 0 Å². The summed E-state index contributed by atoms with van der Waals surface area (Å²) in [7, 11) is 0. The summed E-state index contributed by atoms with van der Waals surface area (Å²) in [6.45, 7) is 0.749. The van der Waals surface area contributed by atoms with Crippen molar-refractivity contribution in [2.45, 2.75) is 43.0 Å². The van der Waals surface area contributed by atoms with Crippen LogP contribution in [0.3, 0.4) is 0 Å². The molecule has 0 fully saturated rings. The maximum absolute atomic E-state index is 12.5. The van der Waals surface area contributed by atoms with Gasteiger partial charge in [0.05, 0.1) is 0 Å². The predicted octanol–water partition coefficient (Wildman–Crippen LogP) is 3.90. The monoisotopic (exact) mass is 519 g/mol. The third-order valence-corrected chi connectivity index (χ3v) is 8.17. The molecule has 0 bridgehead atoms. The van der Waals surface area contributed by atoms with Gasteiger partial charge in [-0.1, -0.05) is 24.3 Å². The molecule has 1 aliphatic carbocycles. The first-order valence-electron chi connectivity index (χ1n) is 10.5. The van der Waals surface area contributed by atoms with Gasteiger partial charge in [-0.05, 0) is 0 Å². The van der Waals surface area contributed by atoms with Gasteiger partial charge in [-0.2, -0.15) is 0 Å². The molecule has 30 heavy (non-hydrogen) atoms. The van der Waals surface area contributed by atoms with E-state index in [9.17, 15) is 14.4 Å². The zero-order valence-corrected chi connectivity index (χ0v) is 19.4. The molecule has 0 spiro atoms. The van der Waals surface area contributed by atoms with Crippen LogP contribution >= 0.6 is 0 Å². The number of amides is 1. The quantitative estimate of drug-likeness (QED) is 0.364. The Kier molecular flexibility index (Phi) is 8.86. The molecular weight excluding hydrogens is 490 g/mol. The van der Waals surface area contributed by atoms with Gasteiger partial charge in [0.1, 0.15) is 0 Å². The molecule has 3 rings (SSSR count). The second-order valence-corrected chi connectivity index (χ2v) is 10.7. The van der Waals surface area contributed by atoms with Crippen molar-refractivity contribution in [2.24, 2.45) is 0 Å². The van der Waals surface area contributed by atoms with E-state index in [1.54, 1.807) is 24.3 Å². The fourth-order valence-corrected chi connectivity index (χ4v) is 5.92. The van der Waals surface area contributed by atoms with E-state index in [2.05, 4.69) is 29.6 Å². The Morgan fingerprint density at radius 1 is 0.833 bits per heavy atom. The van der Waals surface area contributed by atoms with Crippen LogP contribution < -0.4 is 8.93 Å². The van der Waals surface area contributed by atoms with Crippen LogP contribution in [0, 0.1) is 0 Å². The second kappa shape index (κ2) is 11.8. The van der Waals surface area contributed by atoms with E-state index in [4.69, 9.17) is 0 Å². The van der Waals surface area contributed by atoms with E-state index in [0.717, 1.165) is 32.2 Å². The molecule has 1 N–H and O–H groups in total. The predicted molar refractivity (Wildman–Crippen MR) is 121 cm³/mol. The topological polar surface area (TPSA) is 63.2 Å². The van der Waals surface area contributed by atoms with Gasteiger partial charge in [0, 0.05) is 11.1 Å². The van der Waals surface area contributed by atoms with Crippen LogP contribution in [-0.2, 0) is 4.79 Å². The SMILES string of the molecule is O=C(CCCCCC1=CC(=O)c2ccccc2C1=O)NCCC[Te]c1ccccc1. The van der Waals surface area contributed by atoms with Crippen molar-refractivity contribution in [1.82, 2.24) is 5.32 Å². The zero-order chi connectivity index (χ0) is 21.2. The molecule has 5 heteroatoms. The van der Waals surface area contributed by atoms with Gasteiger partial charge in [0.15, 0.2) is 5.78 Å². The van der Waals surface area contributed by atoms with E-state index in [-0.39, 0.29) is 38.4 Å². The molecule has 0 unspecified atom stereocenters. The van der Waals surface area contributed by atoms with Gasteiger partial charge in [-0.15, -0.1) is 0 Å². The first kappa shape index (κ1) is 22.5. The van der Waals surface area contributed by atoms with Crippen molar-refractivity contribution in [1.29, 1.82) is 0 Å². The Bertz CT molecular complexity index is 921. The number of hydrogen-bond donors (Lipinski definition) is 1. The molecule has 0 radical (unpaired) electrons. The molecule has 1 amide bonds. The number of unbranched alkanes of at least 4 members (excludes halogenated alkanes) is 2. The van der Waals surface area contributed by atoms with E-state index < -0.39 is 0 Å². The van der Waals surface area contributed by atoms with E-state index in [1.165, 1.54) is 14.2 Å². The molecule has 0 saturated carbocycles. The molecule has 0 aromatic heterocycles. The number of rotatable bonds is 11. The Labute approximate surface area is 188 Å². The Morgan fingerprint density at radius 2 is 1.57 bits per heavy atom. The van der Waals surface area contributed by atoms with Crippen molar-refractivity contribution in [3.05, 3.63) is 77.4 Å². The summed E-state index contributed by atoms with van der Waals surface area (Å²) in [4.78, 5) is 36.6. The van der Waals surface area contributed by atoms with Gasteiger partial charge in [-0.3, -0.25) is 9.59 Å². The van der Waals surface area contributed by atoms with Crippen LogP contribution in [-0.4, -0.2) is 44.9 Å². The summed E-state index contributed by atoms with van der Waals surface area (Å²) in [5.74, 6) is -0.0242. The first-order chi connectivity index (χ1) is 14.6. The Hall–Kier alpha value is -2.22. The minimum absolute atomic E-state index is 0.0400. The summed E-state index contributed by atoms with van der Waals surface area (Å²) < 4.78 is 2.66. The standard InChI is InChI=1S/C25H27NO3Te/c27-23-18-19(25(29)22-14-8-7-13-21(22)23)10-3-1-6-15-24(28)26-16-9-17-30-20-11-4-2-5-12-20/h2,4-5,7-8,11-14,18H,1,3,6,9-10,15-17H2,(H,26,28). The molecule has 156 valence electrons. The minimum atomic E-state index is -0.143. The summed E-state index contributed by atoms with van der Waals surface area (Å²) in [6.07, 6.45) is 6.10. The number of allylic oxidation sites excluding steroid dienone is 2. The molecule has 0 atom stereocenters. The van der Waals surface area contributed by atoms with Crippen molar-refractivity contribution in [3.8, 4) is 0 Å². The van der Waals surface area contributed by atoms with Crippen molar-refractivity contribution in [3.63, 3.8) is 0 Å². The number of benzene rings is 2. The molecule has 1 aliphatic rings. The Morgan fingerprint density at radius 3 is 2.37 bits per heavy atom. The fraction of sp³-hybridized carbons (Fsp3) is 0.320. The molecular formula is C25H27NO3Te. The van der Waals surface area contributed by atoms with Gasteiger partial charge >= 0.3 is 138 Å². The van der Waals surface area contributed by atoms with E-state index in [0.29, 0.717) is 29.5 Å². The molecule has 2 aromatic rings. The van der Waals surface area contributed by atoms with Crippen molar-refractivity contribution in [2.75, 3.05) is 6.54 Å². The normalized spacial score (nSPS) is 13.0. The van der Waals surface area contributed by atoms with Crippen LogP contribution in [0.5, 0.6) is 0 Å². The molecule has 0 heterocycles. The number of hydrogen-bond acceptors (Lipinski definition) is 3. The molecule has 2 aromatic carbocycles. The second-order valence-electron chi connectivity index (χ2n) is 7.33. The van der Waals surface area contributed by atoms with Gasteiger partial charge in [-0.25, -0.2) is 0 Å². The molecule has 0 aliphatic heterocycles. The van der Waals surface area contributed by atoms with Gasteiger partial charge in [0.25, 0.3) is 0 Å². The number of Topliss-reactive ketones (excluding diaryl/α,β-unsaturated/α-hetero) is 1. The average molecular weight is 517 g/mol. The number of fused-ring (bicyclic) bond motifs is 1. The van der Waals surface area contributed by atoms with E-state index in [1.807, 2.05) is 6.07 Å². The Balaban J connectivity index is 1.26. The maximum atomic E-state index is 12.5. The average Bonchev–Trinajstić information content (AvgIpc) is 2.77. The van der Waals surface area contributed by atoms with E-state index >= 15 is 0 Å². The van der Waals surface area contributed by atoms with Crippen LogP contribution in [0.25, 0.3) is 0 Å². The zero-order valence-electron chi connectivity index (χ0n) is 17.1. The van der Waals surface area contributed by atoms with Crippen LogP contribution in [0.4, 0.5) is 0 Å². The van der Waals surface area contributed by atoms with Gasteiger partial charge in [0.2, 0.25) is 0 Å². The molecule has 4 nitrogen and oxygen atoms in total. The van der Waals surface area contributed by atoms with Crippen LogP contribution in [0.1, 0.15) is 59.2 Å². The number of carbonyl (C=O) groups excluding carboxylic acids is 3. The third-order valence-electron chi connectivity index (χ3n) is 5.04. The molecule has 0 saturated heterocycles. The number of carbonyl (C=O) groups is 3. The van der Waals surface area contributed by atoms with Crippen molar-refractivity contribution < 1.29 is 14.4 Å². The van der Waals surface area contributed by atoms with Crippen LogP contribution in [0.2, 0.25) is 4.47 Å². The third kappa shape index (κ3) is 6.65. The number of ketones is 2. The summed E-state index contributed by atoms with van der Waals surface area (Å²) in [6, 6.07) is 17.6. The van der Waals surface area contributed by atoms with Crippen molar-refractivity contribution >= 4 is 42.0 Å². The summed E-state index contributed by atoms with van der Waals surface area (Å²) in [5, 5.41) is 3.00. The first-order valence-corrected chi connectivity index (χ1v) is 13.3. The fourth-order valence-electron chi connectivity index (χ4n) is 3.43. The summed E-state index contributed by atoms with van der Waals surface area (Å²) >= 11 is -0.143. The van der Waals surface area contributed by atoms with Crippen LogP contribution in [0.15, 0.2) is 66.2 Å². The summed E-state index contributed by atoms with van der Waals surface area (Å²) in [5.41, 5.74) is 1.59.